The lowest BCUT2D eigenvalue weighted by Crippen LogP contribution is -2.45. The predicted molar refractivity (Wildman–Crippen MR) is 76.4 cm³/mol. The Kier molecular flexibility index (Phi) is 5.49. The number of aryl methyl sites for hydroxylation is 1. The maximum absolute atomic E-state index is 6.00. The summed E-state index contributed by atoms with van der Waals surface area (Å²) in [6.45, 7) is 7.26. The van der Waals surface area contributed by atoms with Crippen molar-refractivity contribution in [3.63, 3.8) is 0 Å². The lowest BCUT2D eigenvalue weighted by atomic mass is 9.88. The summed E-state index contributed by atoms with van der Waals surface area (Å²) in [4.78, 5) is 0. The number of rotatable bonds is 7. The summed E-state index contributed by atoms with van der Waals surface area (Å²) in [5.74, 6) is 0. The van der Waals surface area contributed by atoms with Crippen molar-refractivity contribution in [1.82, 2.24) is 0 Å². The zero-order chi connectivity index (χ0) is 12.7. The molecule has 0 aliphatic rings. The monoisotopic (exact) mass is 234 g/mol. The molecule has 2 nitrogen and oxygen atoms in total. The topological polar surface area (TPSA) is 38.0 Å². The second-order valence-electron chi connectivity index (χ2n) is 4.98. The second-order valence-corrected chi connectivity index (χ2v) is 4.98. The van der Waals surface area contributed by atoms with Crippen LogP contribution in [0.1, 0.15) is 45.1 Å². The van der Waals surface area contributed by atoms with Crippen LogP contribution >= 0.6 is 0 Å². The Hall–Kier alpha value is -1.02. The van der Waals surface area contributed by atoms with E-state index in [0.717, 1.165) is 25.7 Å². The molecular weight excluding hydrogens is 208 g/mol. The summed E-state index contributed by atoms with van der Waals surface area (Å²) in [6.07, 6.45) is 4.59. The van der Waals surface area contributed by atoms with Crippen molar-refractivity contribution in [2.75, 3.05) is 11.9 Å². The fourth-order valence-corrected chi connectivity index (χ4v) is 2.49. The van der Waals surface area contributed by atoms with Crippen molar-refractivity contribution in [3.8, 4) is 0 Å². The third-order valence-electron chi connectivity index (χ3n) is 3.28. The molecule has 0 aliphatic carbocycles. The van der Waals surface area contributed by atoms with Crippen molar-refractivity contribution >= 4 is 5.69 Å². The van der Waals surface area contributed by atoms with E-state index in [4.69, 9.17) is 5.73 Å². The molecule has 17 heavy (non-hydrogen) atoms. The first-order valence-corrected chi connectivity index (χ1v) is 6.70. The fourth-order valence-electron chi connectivity index (χ4n) is 2.49. The maximum atomic E-state index is 6.00. The van der Waals surface area contributed by atoms with Crippen molar-refractivity contribution < 1.29 is 0 Å². The largest absolute Gasteiger partial charge is 0.378 e. The Balaban J connectivity index is 2.84. The fraction of sp³-hybridized carbons (Fsp3) is 0.600. The van der Waals surface area contributed by atoms with Gasteiger partial charge in [-0.25, -0.2) is 0 Å². The summed E-state index contributed by atoms with van der Waals surface area (Å²) >= 11 is 0. The number of hydrogen-bond donors (Lipinski definition) is 2. The minimum atomic E-state index is 0.0668. The van der Waals surface area contributed by atoms with Crippen molar-refractivity contribution in [2.45, 2.75) is 52.0 Å². The number of nitrogens with one attached hydrogen (secondary N) is 1. The van der Waals surface area contributed by atoms with Crippen LogP contribution in [0.4, 0.5) is 5.69 Å². The molecular formula is C15H26N2. The second kappa shape index (κ2) is 6.65. The summed E-state index contributed by atoms with van der Waals surface area (Å²) in [5, 5.41) is 3.66. The van der Waals surface area contributed by atoms with Crippen molar-refractivity contribution in [1.29, 1.82) is 0 Å². The molecule has 0 aliphatic heterocycles. The van der Waals surface area contributed by atoms with Crippen LogP contribution in [0.2, 0.25) is 0 Å². The molecule has 0 spiro atoms. The van der Waals surface area contributed by atoms with Gasteiger partial charge in [-0.05, 0) is 37.5 Å². The van der Waals surface area contributed by atoms with Crippen LogP contribution in [0.3, 0.4) is 0 Å². The number of nitrogens with two attached hydrogens (primary N) is 1. The molecule has 0 bridgehead atoms. The SMILES string of the molecule is CCCC(CN)(CCC)Nc1cccc(C)c1. The minimum Gasteiger partial charge on any atom is -0.378 e. The normalized spacial score (nSPS) is 11.5. The van der Waals surface area contributed by atoms with Gasteiger partial charge in [-0.15, -0.1) is 0 Å². The van der Waals surface area contributed by atoms with Crippen LogP contribution in [0.15, 0.2) is 24.3 Å². The highest BCUT2D eigenvalue weighted by Gasteiger charge is 2.26. The molecule has 0 saturated carbocycles. The first-order chi connectivity index (χ1) is 8.15. The van der Waals surface area contributed by atoms with Crippen LogP contribution in [0.25, 0.3) is 0 Å². The Bertz CT molecular complexity index is 327. The molecule has 0 fully saturated rings. The molecule has 1 aromatic rings. The van der Waals surface area contributed by atoms with E-state index in [-0.39, 0.29) is 5.54 Å². The Morgan fingerprint density at radius 2 is 1.82 bits per heavy atom. The summed E-state index contributed by atoms with van der Waals surface area (Å²) in [5.41, 5.74) is 8.55. The molecule has 1 aromatic carbocycles. The number of benzene rings is 1. The highest BCUT2D eigenvalue weighted by Crippen LogP contribution is 2.25. The van der Waals surface area contributed by atoms with Crippen LogP contribution in [0.5, 0.6) is 0 Å². The van der Waals surface area contributed by atoms with Gasteiger partial charge in [-0.2, -0.15) is 0 Å². The van der Waals surface area contributed by atoms with Crippen LogP contribution < -0.4 is 11.1 Å². The van der Waals surface area contributed by atoms with E-state index in [9.17, 15) is 0 Å². The smallest absolute Gasteiger partial charge is 0.0495 e. The van der Waals surface area contributed by atoms with Crippen LogP contribution in [-0.2, 0) is 0 Å². The molecule has 96 valence electrons. The Morgan fingerprint density at radius 3 is 2.29 bits per heavy atom. The van der Waals surface area contributed by atoms with Crippen LogP contribution in [0, 0.1) is 6.92 Å². The first kappa shape index (κ1) is 14.0. The molecule has 0 heterocycles. The molecule has 0 amide bonds. The maximum Gasteiger partial charge on any atom is 0.0495 e. The van der Waals surface area contributed by atoms with Crippen molar-refractivity contribution in [2.24, 2.45) is 5.73 Å². The van der Waals surface area contributed by atoms with E-state index in [2.05, 4.69) is 50.4 Å². The van der Waals surface area contributed by atoms with E-state index in [1.54, 1.807) is 0 Å². The molecule has 0 unspecified atom stereocenters. The van der Waals surface area contributed by atoms with Gasteiger partial charge in [0.25, 0.3) is 0 Å². The van der Waals surface area contributed by atoms with Gasteiger partial charge in [0, 0.05) is 17.8 Å². The van der Waals surface area contributed by atoms with E-state index in [1.807, 2.05) is 0 Å². The predicted octanol–water partition coefficient (Wildman–Crippen LogP) is 3.70. The minimum absolute atomic E-state index is 0.0668. The van der Waals surface area contributed by atoms with Gasteiger partial charge < -0.3 is 11.1 Å². The molecule has 0 saturated heterocycles. The summed E-state index contributed by atoms with van der Waals surface area (Å²) in [7, 11) is 0. The van der Waals surface area contributed by atoms with Crippen molar-refractivity contribution in [3.05, 3.63) is 29.8 Å². The van der Waals surface area contributed by atoms with E-state index in [0.29, 0.717) is 6.54 Å². The van der Waals surface area contributed by atoms with Gasteiger partial charge in [0.2, 0.25) is 0 Å². The first-order valence-electron chi connectivity index (χ1n) is 6.70. The molecule has 0 atom stereocenters. The van der Waals surface area contributed by atoms with Crippen LogP contribution in [-0.4, -0.2) is 12.1 Å². The van der Waals surface area contributed by atoms with Gasteiger partial charge in [0.05, 0.1) is 0 Å². The molecule has 3 N–H and O–H groups in total. The molecule has 2 heteroatoms. The quantitative estimate of drug-likeness (QED) is 0.755. The Labute approximate surface area is 106 Å². The lowest BCUT2D eigenvalue weighted by Gasteiger charge is -2.34. The third kappa shape index (κ3) is 4.04. The summed E-state index contributed by atoms with van der Waals surface area (Å²) in [6, 6.07) is 8.53. The third-order valence-corrected chi connectivity index (χ3v) is 3.28. The van der Waals surface area contributed by atoms with Gasteiger partial charge in [0.1, 0.15) is 0 Å². The van der Waals surface area contributed by atoms with Gasteiger partial charge in [-0.3, -0.25) is 0 Å². The zero-order valence-electron chi connectivity index (χ0n) is 11.4. The van der Waals surface area contributed by atoms with Gasteiger partial charge >= 0.3 is 0 Å². The highest BCUT2D eigenvalue weighted by atomic mass is 15.0. The Morgan fingerprint density at radius 1 is 1.18 bits per heavy atom. The summed E-state index contributed by atoms with van der Waals surface area (Å²) < 4.78 is 0. The average molecular weight is 234 g/mol. The lowest BCUT2D eigenvalue weighted by molar-refractivity contribution is 0.401. The van der Waals surface area contributed by atoms with E-state index in [1.165, 1.54) is 11.3 Å². The molecule has 0 radical (unpaired) electrons. The van der Waals surface area contributed by atoms with E-state index >= 15 is 0 Å². The standard InChI is InChI=1S/C15H26N2/c1-4-9-15(12-16,10-5-2)17-14-8-6-7-13(3)11-14/h6-8,11,17H,4-5,9-10,12,16H2,1-3H3. The molecule has 0 aromatic heterocycles. The number of hydrogen-bond acceptors (Lipinski definition) is 2. The van der Waals surface area contributed by atoms with Gasteiger partial charge in [-0.1, -0.05) is 38.8 Å². The van der Waals surface area contributed by atoms with E-state index < -0.39 is 0 Å². The highest BCUT2D eigenvalue weighted by molar-refractivity contribution is 5.47. The number of anilines is 1. The average Bonchev–Trinajstić information content (AvgIpc) is 2.29. The van der Waals surface area contributed by atoms with Gasteiger partial charge in [0.15, 0.2) is 0 Å². The zero-order valence-corrected chi connectivity index (χ0v) is 11.4. The molecule has 1 rings (SSSR count).